The number of aromatic hydroxyl groups is 2. The van der Waals surface area contributed by atoms with Crippen LogP contribution in [-0.2, 0) is 34.5 Å². The number of benzene rings is 4. The number of hydrogen-bond acceptors (Lipinski definition) is 3. The topological polar surface area (TPSA) is 52.5 Å². The lowest BCUT2D eigenvalue weighted by Crippen LogP contribution is -2.22. The van der Waals surface area contributed by atoms with Gasteiger partial charge in [0, 0.05) is 5.69 Å². The van der Waals surface area contributed by atoms with Crippen molar-refractivity contribution < 1.29 is 10.2 Å². The minimum atomic E-state index is -0.235. The van der Waals surface area contributed by atoms with Crippen molar-refractivity contribution in [1.29, 1.82) is 0 Å². The van der Waals surface area contributed by atoms with Crippen molar-refractivity contribution in [2.45, 2.75) is 124 Å². The second-order valence-electron chi connectivity index (χ2n) is 17.3. The first-order chi connectivity index (χ1) is 21.1. The molecule has 0 aliphatic rings. The van der Waals surface area contributed by atoms with Crippen LogP contribution < -0.4 is 5.32 Å². The third-order valence-electron chi connectivity index (χ3n) is 8.92. The number of phenols is 2. The van der Waals surface area contributed by atoms with Crippen molar-refractivity contribution in [2.24, 2.45) is 0 Å². The van der Waals surface area contributed by atoms with Gasteiger partial charge in [-0.3, -0.25) is 0 Å². The van der Waals surface area contributed by atoms with E-state index in [1.54, 1.807) is 0 Å². The predicted molar refractivity (Wildman–Crippen MR) is 197 cm³/mol. The molecule has 4 aromatic rings. The molecule has 0 aliphatic heterocycles. The zero-order valence-electron chi connectivity index (χ0n) is 30.4. The van der Waals surface area contributed by atoms with Crippen LogP contribution in [0, 0.1) is 0 Å². The van der Waals surface area contributed by atoms with Crippen LogP contribution in [0.5, 0.6) is 11.5 Å². The van der Waals surface area contributed by atoms with E-state index in [0.717, 1.165) is 46.3 Å². The fourth-order valence-corrected chi connectivity index (χ4v) is 6.20. The van der Waals surface area contributed by atoms with E-state index in [9.17, 15) is 10.2 Å². The minimum absolute atomic E-state index is 0.0760. The van der Waals surface area contributed by atoms with Crippen LogP contribution in [0.3, 0.4) is 0 Å². The number of anilines is 1. The maximum atomic E-state index is 11.5. The molecule has 1 unspecified atom stereocenters. The summed E-state index contributed by atoms with van der Waals surface area (Å²) in [6.45, 7) is 26.0. The average Bonchev–Trinajstić information content (AvgIpc) is 2.92. The van der Waals surface area contributed by atoms with Crippen molar-refractivity contribution in [3.63, 3.8) is 0 Å². The van der Waals surface area contributed by atoms with Crippen molar-refractivity contribution in [3.05, 3.63) is 123 Å². The van der Waals surface area contributed by atoms with E-state index in [2.05, 4.69) is 167 Å². The molecule has 0 bridgehead atoms. The van der Waals surface area contributed by atoms with Gasteiger partial charge in [0.2, 0.25) is 0 Å². The van der Waals surface area contributed by atoms with Crippen LogP contribution in [0.25, 0.3) is 0 Å². The molecule has 0 saturated carbocycles. The molecule has 0 fully saturated rings. The highest BCUT2D eigenvalue weighted by Gasteiger charge is 2.30. The molecule has 0 aliphatic carbocycles. The Balaban J connectivity index is 1.85. The molecule has 0 saturated heterocycles. The average molecular weight is 620 g/mol. The summed E-state index contributed by atoms with van der Waals surface area (Å²) in [6.07, 6.45) is 1.61. The molecule has 0 aromatic heterocycles. The molecule has 1 atom stereocenters. The molecule has 46 heavy (non-hydrogen) atoms. The van der Waals surface area contributed by atoms with Gasteiger partial charge >= 0.3 is 0 Å². The highest BCUT2D eigenvalue weighted by atomic mass is 16.3. The van der Waals surface area contributed by atoms with Gasteiger partial charge in [-0.25, -0.2) is 0 Å². The Morgan fingerprint density at radius 1 is 0.500 bits per heavy atom. The van der Waals surface area contributed by atoms with E-state index in [-0.39, 0.29) is 27.7 Å². The summed E-state index contributed by atoms with van der Waals surface area (Å²) < 4.78 is 0. The number of phenolic OH excluding ortho intramolecular Hbond substituents is 2. The number of rotatable bonds is 7. The van der Waals surface area contributed by atoms with Crippen molar-refractivity contribution in [3.8, 4) is 11.5 Å². The number of hydrogen-bond donors (Lipinski definition) is 3. The van der Waals surface area contributed by atoms with Gasteiger partial charge in [-0.15, -0.1) is 0 Å². The summed E-state index contributed by atoms with van der Waals surface area (Å²) in [5.41, 5.74) is 8.88. The molecular formula is C43H57NO2. The van der Waals surface area contributed by atoms with E-state index >= 15 is 0 Å². The SMILES string of the molecule is CC(C)(C)c1cc(CC(Nc2ccc(Cc3ccccc3)cc2)c2cc(C(C)(C)C)c(O)c(C(C)(C)C)c2)cc(C(C)(C)C)c1O. The lowest BCUT2D eigenvalue weighted by molar-refractivity contribution is 0.420. The van der Waals surface area contributed by atoms with Gasteiger partial charge in [0.05, 0.1) is 6.04 Å². The number of nitrogens with one attached hydrogen (secondary N) is 1. The zero-order valence-corrected chi connectivity index (χ0v) is 30.4. The first-order valence-corrected chi connectivity index (χ1v) is 16.8. The molecule has 0 radical (unpaired) electrons. The second-order valence-corrected chi connectivity index (χ2v) is 17.3. The van der Waals surface area contributed by atoms with Gasteiger partial charge < -0.3 is 15.5 Å². The smallest absolute Gasteiger partial charge is 0.123 e. The van der Waals surface area contributed by atoms with Crippen LogP contribution in [0.2, 0.25) is 0 Å². The minimum Gasteiger partial charge on any atom is -0.507 e. The van der Waals surface area contributed by atoms with Gasteiger partial charge in [-0.1, -0.05) is 138 Å². The Labute approximate surface area is 279 Å². The van der Waals surface area contributed by atoms with E-state index in [1.165, 1.54) is 16.7 Å². The third-order valence-corrected chi connectivity index (χ3v) is 8.92. The normalized spacial score (nSPS) is 13.5. The van der Waals surface area contributed by atoms with Gasteiger partial charge in [0.15, 0.2) is 0 Å². The van der Waals surface area contributed by atoms with Crippen LogP contribution in [0.15, 0.2) is 78.9 Å². The lowest BCUT2D eigenvalue weighted by atomic mass is 9.76. The Kier molecular flexibility index (Phi) is 9.79. The fourth-order valence-electron chi connectivity index (χ4n) is 6.20. The molecule has 3 heteroatoms. The molecule has 0 heterocycles. The summed E-state index contributed by atoms with van der Waals surface area (Å²) in [5.74, 6) is 0.791. The quantitative estimate of drug-likeness (QED) is 0.193. The van der Waals surface area contributed by atoms with Crippen LogP contribution in [-0.4, -0.2) is 10.2 Å². The largest absolute Gasteiger partial charge is 0.507 e. The van der Waals surface area contributed by atoms with E-state index in [1.807, 2.05) is 0 Å². The van der Waals surface area contributed by atoms with Gasteiger partial charge in [-0.05, 0) is 103 Å². The van der Waals surface area contributed by atoms with E-state index < -0.39 is 0 Å². The van der Waals surface area contributed by atoms with Crippen LogP contribution in [0.1, 0.15) is 134 Å². The molecule has 3 nitrogen and oxygen atoms in total. The third kappa shape index (κ3) is 8.35. The Morgan fingerprint density at radius 2 is 0.891 bits per heavy atom. The van der Waals surface area contributed by atoms with Crippen molar-refractivity contribution >= 4 is 5.69 Å². The zero-order chi connectivity index (χ0) is 34.2. The Bertz CT molecular complexity index is 1570. The highest BCUT2D eigenvalue weighted by molar-refractivity contribution is 5.55. The fraction of sp³-hybridized carbons (Fsp3) is 0.442. The summed E-state index contributed by atoms with van der Waals surface area (Å²) >= 11 is 0. The highest BCUT2D eigenvalue weighted by Crippen LogP contribution is 2.43. The van der Waals surface area contributed by atoms with Crippen LogP contribution >= 0.6 is 0 Å². The molecular weight excluding hydrogens is 562 g/mol. The lowest BCUT2D eigenvalue weighted by Gasteiger charge is -2.31. The second kappa shape index (κ2) is 12.8. The summed E-state index contributed by atoms with van der Waals surface area (Å²) in [4.78, 5) is 0. The maximum absolute atomic E-state index is 11.5. The maximum Gasteiger partial charge on any atom is 0.123 e. The molecule has 4 rings (SSSR count). The van der Waals surface area contributed by atoms with Gasteiger partial charge in [0.25, 0.3) is 0 Å². The molecule has 246 valence electrons. The molecule has 0 amide bonds. The Hall–Kier alpha value is -3.72. The van der Waals surface area contributed by atoms with Crippen LogP contribution in [0.4, 0.5) is 5.69 Å². The monoisotopic (exact) mass is 619 g/mol. The first kappa shape index (κ1) is 35.1. The summed E-state index contributed by atoms with van der Waals surface area (Å²) in [6, 6.07) is 28.0. The van der Waals surface area contributed by atoms with Crippen molar-refractivity contribution in [1.82, 2.24) is 0 Å². The predicted octanol–water partition coefficient (Wildman–Crippen LogP) is 11.3. The molecule has 3 N–H and O–H groups in total. The van der Waals surface area contributed by atoms with E-state index in [4.69, 9.17) is 0 Å². The molecule has 4 aromatic carbocycles. The van der Waals surface area contributed by atoms with E-state index in [0.29, 0.717) is 11.5 Å². The summed E-state index contributed by atoms with van der Waals surface area (Å²) in [5, 5.41) is 26.9. The van der Waals surface area contributed by atoms with Crippen molar-refractivity contribution in [2.75, 3.05) is 5.32 Å². The van der Waals surface area contributed by atoms with Gasteiger partial charge in [-0.2, -0.15) is 0 Å². The summed E-state index contributed by atoms with van der Waals surface area (Å²) in [7, 11) is 0. The first-order valence-electron chi connectivity index (χ1n) is 16.8. The molecule has 0 spiro atoms. The Morgan fingerprint density at radius 3 is 1.30 bits per heavy atom. The standard InChI is InChI=1S/C43H57NO2/c1-40(2,3)33-23-30(24-34(38(33)45)41(4,5)6)25-37(31-26-35(42(7,8)9)39(46)36(27-31)43(10,11)12)44-32-20-18-29(19-21-32)22-28-16-14-13-15-17-28/h13-21,23-24,26-27,37,44-46H,22,25H2,1-12H3. The van der Waals surface area contributed by atoms with Gasteiger partial charge in [0.1, 0.15) is 11.5 Å².